The molecule has 0 spiro atoms. The van der Waals surface area contributed by atoms with Gasteiger partial charge in [0.25, 0.3) is 11.5 Å². The number of nitrogens with zero attached hydrogens (tertiary/aromatic N) is 1. The molecule has 0 saturated heterocycles. The molecule has 4 aromatic rings. The van der Waals surface area contributed by atoms with Crippen molar-refractivity contribution in [2.24, 2.45) is 0 Å². The number of ether oxygens (including phenoxy) is 2. The number of aromatic amines is 1. The fourth-order valence-electron chi connectivity index (χ4n) is 3.65. The SMILES string of the molecule is COc1cc(CCNC(=O)c2ccc3c(=O)n(-c4ccccc4)c(=O)[nH]c3c2)ccc1OC(F)F. The minimum absolute atomic E-state index is 0.0771. The number of amides is 1. The number of alkyl halides is 2. The number of benzene rings is 3. The normalized spacial score (nSPS) is 11.0. The van der Waals surface area contributed by atoms with Crippen LogP contribution in [0.2, 0.25) is 0 Å². The smallest absolute Gasteiger partial charge is 0.387 e. The van der Waals surface area contributed by atoms with Crippen LogP contribution in [0, 0.1) is 0 Å². The largest absolute Gasteiger partial charge is 0.493 e. The number of halogens is 2. The van der Waals surface area contributed by atoms with Gasteiger partial charge < -0.3 is 19.8 Å². The maximum absolute atomic E-state index is 12.9. The number of rotatable bonds is 8. The number of fused-ring (bicyclic) bond motifs is 1. The van der Waals surface area contributed by atoms with Crippen LogP contribution in [0.4, 0.5) is 8.78 Å². The number of hydrogen-bond acceptors (Lipinski definition) is 5. The molecule has 10 heteroatoms. The molecular weight excluding hydrogens is 460 g/mol. The molecule has 8 nitrogen and oxygen atoms in total. The van der Waals surface area contributed by atoms with Crippen molar-refractivity contribution >= 4 is 16.8 Å². The highest BCUT2D eigenvalue weighted by molar-refractivity contribution is 5.97. The lowest BCUT2D eigenvalue weighted by Gasteiger charge is -2.12. The van der Waals surface area contributed by atoms with Crippen LogP contribution in [-0.4, -0.2) is 35.7 Å². The second-order valence-electron chi connectivity index (χ2n) is 7.54. The maximum atomic E-state index is 12.9. The first-order chi connectivity index (χ1) is 16.9. The van der Waals surface area contributed by atoms with Crippen molar-refractivity contribution in [3.63, 3.8) is 0 Å². The van der Waals surface area contributed by atoms with E-state index in [1.54, 1.807) is 42.5 Å². The Morgan fingerprint density at radius 1 is 1.03 bits per heavy atom. The van der Waals surface area contributed by atoms with Gasteiger partial charge in [0.05, 0.1) is 23.7 Å². The summed E-state index contributed by atoms with van der Waals surface area (Å²) < 4.78 is 35.4. The Balaban J connectivity index is 1.48. The number of methoxy groups -OCH3 is 1. The lowest BCUT2D eigenvalue weighted by molar-refractivity contribution is -0.0512. The lowest BCUT2D eigenvalue weighted by Crippen LogP contribution is -2.33. The quantitative estimate of drug-likeness (QED) is 0.402. The van der Waals surface area contributed by atoms with Crippen molar-refractivity contribution in [2.45, 2.75) is 13.0 Å². The second-order valence-corrected chi connectivity index (χ2v) is 7.54. The monoisotopic (exact) mass is 481 g/mol. The highest BCUT2D eigenvalue weighted by Gasteiger charge is 2.14. The minimum Gasteiger partial charge on any atom is -0.493 e. The van der Waals surface area contributed by atoms with Gasteiger partial charge in [-0.2, -0.15) is 8.78 Å². The van der Waals surface area contributed by atoms with Gasteiger partial charge in [-0.1, -0.05) is 24.3 Å². The molecule has 1 heterocycles. The van der Waals surface area contributed by atoms with Crippen molar-refractivity contribution < 1.29 is 23.0 Å². The van der Waals surface area contributed by atoms with Gasteiger partial charge in [-0.05, 0) is 54.4 Å². The van der Waals surface area contributed by atoms with Gasteiger partial charge in [-0.25, -0.2) is 9.36 Å². The molecule has 0 aliphatic heterocycles. The van der Waals surface area contributed by atoms with Crippen molar-refractivity contribution in [3.05, 3.63) is 98.7 Å². The topological polar surface area (TPSA) is 102 Å². The van der Waals surface area contributed by atoms with Gasteiger partial charge in [0, 0.05) is 12.1 Å². The molecule has 180 valence electrons. The summed E-state index contributed by atoms with van der Waals surface area (Å²) in [6.07, 6.45) is 0.406. The van der Waals surface area contributed by atoms with Crippen molar-refractivity contribution in [1.82, 2.24) is 14.9 Å². The molecule has 0 aliphatic carbocycles. The Hall–Kier alpha value is -4.47. The molecule has 0 radical (unpaired) electrons. The van der Waals surface area contributed by atoms with Crippen LogP contribution < -0.4 is 26.0 Å². The van der Waals surface area contributed by atoms with Gasteiger partial charge >= 0.3 is 12.3 Å². The third kappa shape index (κ3) is 5.21. The van der Waals surface area contributed by atoms with E-state index >= 15 is 0 Å². The van der Waals surface area contributed by atoms with Gasteiger partial charge in [0.15, 0.2) is 11.5 Å². The minimum atomic E-state index is -2.97. The van der Waals surface area contributed by atoms with Crippen LogP contribution in [0.3, 0.4) is 0 Å². The third-order valence-corrected chi connectivity index (χ3v) is 5.32. The number of hydrogen-bond donors (Lipinski definition) is 2. The fraction of sp³-hybridized carbons (Fsp3) is 0.160. The summed E-state index contributed by atoms with van der Waals surface area (Å²) in [4.78, 5) is 40.7. The maximum Gasteiger partial charge on any atom is 0.387 e. The van der Waals surface area contributed by atoms with E-state index in [9.17, 15) is 23.2 Å². The van der Waals surface area contributed by atoms with E-state index in [2.05, 4.69) is 15.0 Å². The Morgan fingerprint density at radius 3 is 2.51 bits per heavy atom. The first kappa shape index (κ1) is 23.7. The van der Waals surface area contributed by atoms with Crippen molar-refractivity contribution in [3.8, 4) is 17.2 Å². The van der Waals surface area contributed by atoms with Crippen molar-refractivity contribution in [1.29, 1.82) is 0 Å². The summed E-state index contributed by atoms with van der Waals surface area (Å²) in [5, 5.41) is 3.02. The molecule has 0 atom stereocenters. The summed E-state index contributed by atoms with van der Waals surface area (Å²) in [6.45, 7) is -2.71. The molecule has 0 fully saturated rings. The number of aromatic nitrogens is 2. The Morgan fingerprint density at radius 2 is 1.80 bits per heavy atom. The number of carbonyl (C=O) groups is 1. The Labute approximate surface area is 197 Å². The standard InChI is InChI=1S/C25H21F2N3O5/c1-34-21-13-15(7-10-20(21)35-24(26)27)11-12-28-22(31)16-8-9-18-19(14-16)29-25(33)30(23(18)32)17-5-3-2-4-6-17/h2-10,13-14,24H,11-12H2,1H3,(H,28,31)(H,29,33). The summed E-state index contributed by atoms with van der Waals surface area (Å²) in [5.74, 6) is -0.315. The number of carbonyl (C=O) groups excluding carboxylic acids is 1. The molecule has 1 amide bonds. The predicted molar refractivity (Wildman–Crippen MR) is 126 cm³/mol. The zero-order chi connectivity index (χ0) is 24.9. The number of para-hydroxylation sites is 1. The van der Waals surface area contributed by atoms with Crippen LogP contribution in [0.1, 0.15) is 15.9 Å². The molecule has 0 bridgehead atoms. The van der Waals surface area contributed by atoms with E-state index in [-0.39, 0.29) is 34.5 Å². The van der Waals surface area contributed by atoms with Crippen molar-refractivity contribution in [2.75, 3.05) is 13.7 Å². The first-order valence-corrected chi connectivity index (χ1v) is 10.6. The van der Waals surface area contributed by atoms with Gasteiger partial charge in [0.1, 0.15) is 0 Å². The number of H-pyrrole nitrogens is 1. The van der Waals surface area contributed by atoms with E-state index in [1.807, 2.05) is 0 Å². The number of nitrogens with one attached hydrogen (secondary N) is 2. The molecule has 1 aromatic heterocycles. The zero-order valence-electron chi connectivity index (χ0n) is 18.6. The Bertz CT molecular complexity index is 1480. The zero-order valence-corrected chi connectivity index (χ0v) is 18.6. The molecule has 0 unspecified atom stereocenters. The summed E-state index contributed by atoms with van der Waals surface area (Å²) in [7, 11) is 1.35. The highest BCUT2D eigenvalue weighted by Crippen LogP contribution is 2.29. The van der Waals surface area contributed by atoms with Gasteiger partial charge in [-0.15, -0.1) is 0 Å². The van der Waals surface area contributed by atoms with Crippen LogP contribution >= 0.6 is 0 Å². The molecule has 2 N–H and O–H groups in total. The van der Waals surface area contributed by atoms with Crippen LogP contribution in [-0.2, 0) is 6.42 Å². The molecule has 4 rings (SSSR count). The van der Waals surface area contributed by atoms with E-state index in [4.69, 9.17) is 4.74 Å². The Kier molecular flexibility index (Phi) is 6.91. The van der Waals surface area contributed by atoms with Gasteiger partial charge in [0.2, 0.25) is 0 Å². The molecule has 0 saturated carbocycles. The summed E-state index contributed by atoms with van der Waals surface area (Å²) >= 11 is 0. The third-order valence-electron chi connectivity index (χ3n) is 5.32. The molecule has 35 heavy (non-hydrogen) atoms. The molecule has 3 aromatic carbocycles. The van der Waals surface area contributed by atoms with E-state index in [0.29, 0.717) is 12.1 Å². The van der Waals surface area contributed by atoms with Crippen LogP contribution in [0.25, 0.3) is 16.6 Å². The fourth-order valence-corrected chi connectivity index (χ4v) is 3.65. The van der Waals surface area contributed by atoms with E-state index in [1.165, 1.54) is 31.4 Å². The summed E-state index contributed by atoms with van der Waals surface area (Å²) in [5.41, 5.74) is 0.595. The van der Waals surface area contributed by atoms with Gasteiger partial charge in [-0.3, -0.25) is 9.59 Å². The van der Waals surface area contributed by atoms with Crippen LogP contribution in [0.15, 0.2) is 76.3 Å². The average Bonchev–Trinajstić information content (AvgIpc) is 2.84. The predicted octanol–water partition coefficient (Wildman–Crippen LogP) is 3.26. The van der Waals surface area contributed by atoms with E-state index < -0.39 is 23.8 Å². The first-order valence-electron chi connectivity index (χ1n) is 10.6. The lowest BCUT2D eigenvalue weighted by atomic mass is 10.1. The van der Waals surface area contributed by atoms with E-state index in [0.717, 1.165) is 10.1 Å². The average molecular weight is 481 g/mol. The summed E-state index contributed by atoms with van der Waals surface area (Å²) in [6, 6.07) is 17.5. The second kappa shape index (κ2) is 10.2. The van der Waals surface area contributed by atoms with Crippen LogP contribution in [0.5, 0.6) is 11.5 Å². The molecule has 0 aliphatic rings. The molecular formula is C25H21F2N3O5. The highest BCUT2D eigenvalue weighted by atomic mass is 19.3.